The van der Waals surface area contributed by atoms with Gasteiger partial charge in [-0.05, 0) is 11.6 Å². The fourth-order valence-electron chi connectivity index (χ4n) is 2.65. The standard InChI is InChI=1S/C16H21N5O2/c1-19-6-4-13(11-15(19)22)12-20-7-9-21(10-8-20)16-17-5-3-14(18-16)23-2/h3-6,11H,7-10,12H2,1-2H3. The van der Waals surface area contributed by atoms with Crippen LogP contribution >= 0.6 is 0 Å². The van der Waals surface area contributed by atoms with Crippen molar-refractivity contribution in [3.05, 3.63) is 46.5 Å². The van der Waals surface area contributed by atoms with Crippen molar-refractivity contribution in [2.45, 2.75) is 6.54 Å². The minimum atomic E-state index is 0.0333. The normalized spacial score (nSPS) is 15.7. The van der Waals surface area contributed by atoms with Crippen molar-refractivity contribution in [3.8, 4) is 5.88 Å². The number of aromatic nitrogens is 3. The van der Waals surface area contributed by atoms with Crippen molar-refractivity contribution in [1.82, 2.24) is 19.4 Å². The summed E-state index contributed by atoms with van der Waals surface area (Å²) in [5.41, 5.74) is 1.09. The van der Waals surface area contributed by atoms with Crippen LogP contribution in [0.15, 0.2) is 35.4 Å². The number of anilines is 1. The lowest BCUT2D eigenvalue weighted by molar-refractivity contribution is 0.248. The zero-order valence-corrected chi connectivity index (χ0v) is 13.5. The molecule has 0 aliphatic carbocycles. The van der Waals surface area contributed by atoms with E-state index in [1.165, 1.54) is 0 Å². The lowest BCUT2D eigenvalue weighted by Gasteiger charge is -2.34. The van der Waals surface area contributed by atoms with Gasteiger partial charge in [0.2, 0.25) is 11.8 Å². The smallest absolute Gasteiger partial charge is 0.250 e. The maximum Gasteiger partial charge on any atom is 0.250 e. The van der Waals surface area contributed by atoms with Gasteiger partial charge in [0.25, 0.3) is 5.56 Å². The van der Waals surface area contributed by atoms with Crippen molar-refractivity contribution in [1.29, 1.82) is 0 Å². The van der Waals surface area contributed by atoms with Gasteiger partial charge in [-0.1, -0.05) is 0 Å². The van der Waals surface area contributed by atoms with Crippen LogP contribution in [-0.2, 0) is 13.6 Å². The SMILES string of the molecule is COc1ccnc(N2CCN(Cc3ccn(C)c(=O)c3)CC2)n1. The third-order valence-electron chi connectivity index (χ3n) is 4.06. The van der Waals surface area contributed by atoms with Crippen molar-refractivity contribution in [2.24, 2.45) is 7.05 Å². The molecule has 23 heavy (non-hydrogen) atoms. The van der Waals surface area contributed by atoms with Crippen molar-refractivity contribution >= 4 is 5.95 Å². The van der Waals surface area contributed by atoms with E-state index < -0.39 is 0 Å². The molecule has 0 atom stereocenters. The summed E-state index contributed by atoms with van der Waals surface area (Å²) in [6.07, 6.45) is 3.53. The van der Waals surface area contributed by atoms with Gasteiger partial charge in [0, 0.05) is 64.3 Å². The summed E-state index contributed by atoms with van der Waals surface area (Å²) in [6, 6.07) is 5.45. The van der Waals surface area contributed by atoms with Gasteiger partial charge < -0.3 is 14.2 Å². The average Bonchev–Trinajstić information content (AvgIpc) is 2.59. The topological polar surface area (TPSA) is 63.5 Å². The lowest BCUT2D eigenvalue weighted by atomic mass is 10.2. The molecule has 0 spiro atoms. The fourth-order valence-corrected chi connectivity index (χ4v) is 2.65. The molecule has 0 amide bonds. The Hall–Kier alpha value is -2.41. The number of rotatable bonds is 4. The first-order valence-corrected chi connectivity index (χ1v) is 7.65. The van der Waals surface area contributed by atoms with Crippen LogP contribution in [0.1, 0.15) is 5.56 Å². The van der Waals surface area contributed by atoms with Gasteiger partial charge in [-0.2, -0.15) is 4.98 Å². The molecule has 0 bridgehead atoms. The third kappa shape index (κ3) is 3.68. The van der Waals surface area contributed by atoms with Gasteiger partial charge >= 0.3 is 0 Å². The average molecular weight is 315 g/mol. The van der Waals surface area contributed by atoms with Crippen LogP contribution in [0.2, 0.25) is 0 Å². The molecule has 1 fully saturated rings. The molecular formula is C16H21N5O2. The van der Waals surface area contributed by atoms with E-state index in [1.807, 2.05) is 12.3 Å². The van der Waals surface area contributed by atoms with Crippen LogP contribution in [0.4, 0.5) is 5.95 Å². The molecule has 1 saturated heterocycles. The highest BCUT2D eigenvalue weighted by atomic mass is 16.5. The van der Waals surface area contributed by atoms with Crippen molar-refractivity contribution in [3.63, 3.8) is 0 Å². The molecule has 1 aliphatic heterocycles. The molecule has 2 aromatic heterocycles. The molecule has 7 nitrogen and oxygen atoms in total. The summed E-state index contributed by atoms with van der Waals surface area (Å²) in [4.78, 5) is 24.9. The van der Waals surface area contributed by atoms with Gasteiger partial charge in [0.1, 0.15) is 0 Å². The highest BCUT2D eigenvalue weighted by molar-refractivity contribution is 5.32. The first-order valence-electron chi connectivity index (χ1n) is 7.65. The van der Waals surface area contributed by atoms with Crippen LogP contribution in [0, 0.1) is 0 Å². The predicted molar refractivity (Wildman–Crippen MR) is 87.8 cm³/mol. The third-order valence-corrected chi connectivity index (χ3v) is 4.06. The minimum Gasteiger partial charge on any atom is -0.481 e. The molecule has 0 unspecified atom stereocenters. The van der Waals surface area contributed by atoms with Crippen molar-refractivity contribution in [2.75, 3.05) is 38.2 Å². The van der Waals surface area contributed by atoms with E-state index >= 15 is 0 Å². The van der Waals surface area contributed by atoms with E-state index in [0.29, 0.717) is 11.8 Å². The van der Waals surface area contributed by atoms with Gasteiger partial charge in [-0.15, -0.1) is 0 Å². The number of ether oxygens (including phenoxy) is 1. The first kappa shape index (κ1) is 15.5. The number of methoxy groups -OCH3 is 1. The molecule has 1 aliphatic rings. The number of hydrogen-bond donors (Lipinski definition) is 0. The fraction of sp³-hybridized carbons (Fsp3) is 0.438. The number of nitrogens with zero attached hydrogens (tertiary/aromatic N) is 5. The Morgan fingerprint density at radius 2 is 2.00 bits per heavy atom. The maximum atomic E-state index is 11.7. The van der Waals surface area contributed by atoms with Gasteiger partial charge in [-0.25, -0.2) is 4.98 Å². The predicted octanol–water partition coefficient (Wildman–Crippen LogP) is 0.506. The number of piperazine rings is 1. The Kier molecular flexibility index (Phi) is 4.57. The minimum absolute atomic E-state index is 0.0333. The highest BCUT2D eigenvalue weighted by Crippen LogP contribution is 2.15. The molecule has 3 heterocycles. The second-order valence-corrected chi connectivity index (χ2v) is 5.65. The summed E-state index contributed by atoms with van der Waals surface area (Å²) in [6.45, 7) is 4.34. The van der Waals surface area contributed by atoms with Crippen LogP contribution in [0.25, 0.3) is 0 Å². The Morgan fingerprint density at radius 1 is 1.22 bits per heavy atom. The molecule has 7 heteroatoms. The number of aryl methyl sites for hydroxylation is 1. The quantitative estimate of drug-likeness (QED) is 0.819. The molecule has 0 radical (unpaired) electrons. The Morgan fingerprint density at radius 3 is 2.70 bits per heavy atom. The molecule has 122 valence electrons. The molecule has 2 aromatic rings. The Balaban J connectivity index is 1.59. The second kappa shape index (κ2) is 6.78. The Bertz CT molecular complexity index is 722. The Labute approximate surface area is 135 Å². The van der Waals surface area contributed by atoms with Crippen LogP contribution in [0.5, 0.6) is 5.88 Å². The molecule has 0 saturated carbocycles. The van der Waals surface area contributed by atoms with E-state index in [1.54, 1.807) is 37.1 Å². The monoisotopic (exact) mass is 315 g/mol. The molecule has 0 aromatic carbocycles. The molecular weight excluding hydrogens is 294 g/mol. The number of hydrogen-bond acceptors (Lipinski definition) is 6. The summed E-state index contributed by atoms with van der Waals surface area (Å²) < 4.78 is 6.73. The van der Waals surface area contributed by atoms with Crippen LogP contribution < -0.4 is 15.2 Å². The highest BCUT2D eigenvalue weighted by Gasteiger charge is 2.19. The van der Waals surface area contributed by atoms with E-state index in [-0.39, 0.29) is 5.56 Å². The lowest BCUT2D eigenvalue weighted by Crippen LogP contribution is -2.46. The zero-order valence-electron chi connectivity index (χ0n) is 13.5. The second-order valence-electron chi connectivity index (χ2n) is 5.65. The summed E-state index contributed by atoms with van der Waals surface area (Å²) in [5, 5.41) is 0. The van der Waals surface area contributed by atoms with E-state index in [9.17, 15) is 4.79 Å². The zero-order chi connectivity index (χ0) is 16.2. The van der Waals surface area contributed by atoms with E-state index in [2.05, 4.69) is 19.8 Å². The molecule has 3 rings (SSSR count). The maximum absolute atomic E-state index is 11.7. The van der Waals surface area contributed by atoms with Gasteiger partial charge in [-0.3, -0.25) is 9.69 Å². The van der Waals surface area contributed by atoms with Crippen LogP contribution in [-0.4, -0.2) is 52.7 Å². The van der Waals surface area contributed by atoms with Gasteiger partial charge in [0.15, 0.2) is 0 Å². The van der Waals surface area contributed by atoms with Crippen molar-refractivity contribution < 1.29 is 4.74 Å². The first-order chi connectivity index (χ1) is 11.2. The van der Waals surface area contributed by atoms with Gasteiger partial charge in [0.05, 0.1) is 7.11 Å². The number of pyridine rings is 1. The molecule has 0 N–H and O–H groups in total. The van der Waals surface area contributed by atoms with E-state index in [4.69, 9.17) is 4.74 Å². The summed E-state index contributed by atoms with van der Waals surface area (Å²) >= 11 is 0. The van der Waals surface area contributed by atoms with Crippen LogP contribution in [0.3, 0.4) is 0 Å². The summed E-state index contributed by atoms with van der Waals surface area (Å²) in [5.74, 6) is 1.29. The largest absolute Gasteiger partial charge is 0.481 e. The van der Waals surface area contributed by atoms with E-state index in [0.717, 1.165) is 38.3 Å². The summed E-state index contributed by atoms with van der Waals surface area (Å²) in [7, 11) is 3.37.